The number of nitrogens with zero attached hydrogens (tertiary/aromatic N) is 1. The number of urea groups is 1. The van der Waals surface area contributed by atoms with E-state index in [2.05, 4.69) is 55.8 Å². The molecule has 0 bridgehead atoms. The van der Waals surface area contributed by atoms with Crippen LogP contribution in [0.1, 0.15) is 23.6 Å². The standard InChI is InChI=1S/C28H25I2N3O5/c1-3-37-24-14-19(12-22(30)26(24)38-16-18-6-8-20(29)9-7-18)13-23-27(35)33(28(36)32-23)15-25(34)31-21-10-4-17(2)5-11-21/h4-14H,3,15-16H2,1-2H3,(H,31,34)(H,32,36)/b23-13+. The van der Waals surface area contributed by atoms with Crippen LogP contribution in [0.15, 0.2) is 66.4 Å². The fraction of sp³-hybridized carbons (Fsp3) is 0.179. The molecule has 4 amide bonds. The second kappa shape index (κ2) is 12.6. The number of hydrogen-bond acceptors (Lipinski definition) is 5. The third-order valence-electron chi connectivity index (χ3n) is 5.54. The molecular formula is C28H25I2N3O5. The lowest BCUT2D eigenvalue weighted by molar-refractivity contribution is -0.127. The molecule has 0 atom stereocenters. The Hall–Kier alpha value is -3.13. The summed E-state index contributed by atoms with van der Waals surface area (Å²) in [5.41, 5.74) is 3.39. The Morgan fingerprint density at radius 2 is 1.74 bits per heavy atom. The molecule has 1 aliphatic heterocycles. The number of hydrogen-bond donors (Lipinski definition) is 2. The van der Waals surface area contributed by atoms with Crippen molar-refractivity contribution in [2.45, 2.75) is 20.5 Å². The van der Waals surface area contributed by atoms with E-state index < -0.39 is 24.4 Å². The van der Waals surface area contributed by atoms with Crippen molar-refractivity contribution in [3.05, 3.63) is 90.2 Å². The van der Waals surface area contributed by atoms with Crippen molar-refractivity contribution in [3.8, 4) is 11.5 Å². The Labute approximate surface area is 248 Å². The molecular weight excluding hydrogens is 712 g/mol. The fourth-order valence-electron chi connectivity index (χ4n) is 3.67. The van der Waals surface area contributed by atoms with Crippen molar-refractivity contribution < 1.29 is 23.9 Å². The summed E-state index contributed by atoms with van der Waals surface area (Å²) in [5, 5.41) is 5.26. The Kier molecular flexibility index (Phi) is 9.26. The lowest BCUT2D eigenvalue weighted by Gasteiger charge is -2.15. The highest BCUT2D eigenvalue weighted by atomic mass is 127. The van der Waals surface area contributed by atoms with Gasteiger partial charge in [-0.1, -0.05) is 29.8 Å². The second-order valence-electron chi connectivity index (χ2n) is 8.47. The summed E-state index contributed by atoms with van der Waals surface area (Å²) in [6.45, 7) is 4.22. The molecule has 0 aromatic heterocycles. The van der Waals surface area contributed by atoms with E-state index >= 15 is 0 Å². The molecule has 3 aromatic carbocycles. The van der Waals surface area contributed by atoms with E-state index in [9.17, 15) is 14.4 Å². The van der Waals surface area contributed by atoms with Gasteiger partial charge in [-0.25, -0.2) is 9.69 Å². The second-order valence-corrected chi connectivity index (χ2v) is 10.9. The van der Waals surface area contributed by atoms with Crippen LogP contribution in [0.5, 0.6) is 11.5 Å². The number of carbonyl (C=O) groups is 3. The number of rotatable bonds is 9. The van der Waals surface area contributed by atoms with Gasteiger partial charge >= 0.3 is 6.03 Å². The van der Waals surface area contributed by atoms with Crippen LogP contribution in [0, 0.1) is 14.1 Å². The summed E-state index contributed by atoms with van der Waals surface area (Å²) >= 11 is 4.41. The van der Waals surface area contributed by atoms with Crippen LogP contribution in [0.2, 0.25) is 0 Å². The van der Waals surface area contributed by atoms with Gasteiger partial charge in [-0.15, -0.1) is 0 Å². The number of halogens is 2. The number of anilines is 1. The summed E-state index contributed by atoms with van der Waals surface area (Å²) in [6, 6.07) is 18.2. The van der Waals surface area contributed by atoms with Crippen molar-refractivity contribution in [3.63, 3.8) is 0 Å². The van der Waals surface area contributed by atoms with Gasteiger partial charge in [0, 0.05) is 9.26 Å². The number of amides is 4. The SMILES string of the molecule is CCOc1cc(/C=C2/NC(=O)N(CC(=O)Nc3ccc(C)cc3)C2=O)cc(I)c1OCc1ccc(I)cc1. The third kappa shape index (κ3) is 7.04. The lowest BCUT2D eigenvalue weighted by atomic mass is 10.1. The van der Waals surface area contributed by atoms with Gasteiger partial charge in [0.15, 0.2) is 11.5 Å². The van der Waals surface area contributed by atoms with Crippen molar-refractivity contribution in [1.29, 1.82) is 0 Å². The number of benzene rings is 3. The molecule has 0 radical (unpaired) electrons. The molecule has 0 aliphatic carbocycles. The van der Waals surface area contributed by atoms with E-state index in [4.69, 9.17) is 9.47 Å². The monoisotopic (exact) mass is 737 g/mol. The normalized spacial score (nSPS) is 14.0. The first-order chi connectivity index (χ1) is 18.2. The molecule has 1 saturated heterocycles. The van der Waals surface area contributed by atoms with Crippen molar-refractivity contribution >= 4 is 74.8 Å². The molecule has 0 spiro atoms. The molecule has 3 aromatic rings. The molecule has 2 N–H and O–H groups in total. The van der Waals surface area contributed by atoms with Crippen LogP contribution in [0.3, 0.4) is 0 Å². The Bertz CT molecular complexity index is 1390. The highest BCUT2D eigenvalue weighted by Gasteiger charge is 2.35. The molecule has 8 nitrogen and oxygen atoms in total. The highest BCUT2D eigenvalue weighted by Crippen LogP contribution is 2.35. The van der Waals surface area contributed by atoms with E-state index in [1.54, 1.807) is 24.3 Å². The predicted octanol–water partition coefficient (Wildman–Crippen LogP) is 5.71. The number of nitrogens with one attached hydrogen (secondary N) is 2. The van der Waals surface area contributed by atoms with Gasteiger partial charge in [-0.2, -0.15) is 0 Å². The first kappa shape index (κ1) is 27.9. The zero-order valence-electron chi connectivity index (χ0n) is 20.7. The molecule has 38 heavy (non-hydrogen) atoms. The predicted molar refractivity (Wildman–Crippen MR) is 162 cm³/mol. The molecule has 1 aliphatic rings. The van der Waals surface area contributed by atoms with E-state index in [-0.39, 0.29) is 5.70 Å². The third-order valence-corrected chi connectivity index (χ3v) is 7.06. The largest absolute Gasteiger partial charge is 0.490 e. The fourth-order valence-corrected chi connectivity index (χ4v) is 4.81. The summed E-state index contributed by atoms with van der Waals surface area (Å²) in [4.78, 5) is 38.7. The zero-order valence-corrected chi connectivity index (χ0v) is 25.0. The Balaban J connectivity index is 1.48. The average molecular weight is 737 g/mol. The number of carbonyl (C=O) groups excluding carboxylic acids is 3. The molecule has 0 unspecified atom stereocenters. The molecule has 1 fully saturated rings. The first-order valence-electron chi connectivity index (χ1n) is 11.8. The maximum absolute atomic E-state index is 12.9. The van der Waals surface area contributed by atoms with Gasteiger partial charge in [0.2, 0.25) is 5.91 Å². The van der Waals surface area contributed by atoms with E-state index in [1.807, 2.05) is 56.3 Å². The van der Waals surface area contributed by atoms with E-state index in [0.29, 0.717) is 36.0 Å². The quantitative estimate of drug-likeness (QED) is 0.167. The maximum atomic E-state index is 12.9. The topological polar surface area (TPSA) is 97.0 Å². The van der Waals surface area contributed by atoms with Crippen LogP contribution < -0.4 is 20.1 Å². The van der Waals surface area contributed by atoms with E-state index in [1.165, 1.54) is 0 Å². The van der Waals surface area contributed by atoms with Gasteiger partial charge in [-0.3, -0.25) is 9.59 Å². The van der Waals surface area contributed by atoms with Crippen LogP contribution in [-0.4, -0.2) is 35.9 Å². The van der Waals surface area contributed by atoms with Crippen molar-refractivity contribution in [2.75, 3.05) is 18.5 Å². The van der Waals surface area contributed by atoms with Crippen LogP contribution in [0.4, 0.5) is 10.5 Å². The Morgan fingerprint density at radius 1 is 1.03 bits per heavy atom. The van der Waals surface area contributed by atoms with Gasteiger partial charge < -0.3 is 20.1 Å². The minimum absolute atomic E-state index is 0.0731. The smallest absolute Gasteiger partial charge is 0.329 e. The first-order valence-corrected chi connectivity index (χ1v) is 13.9. The summed E-state index contributed by atoms with van der Waals surface area (Å²) < 4.78 is 13.8. The van der Waals surface area contributed by atoms with Crippen LogP contribution >= 0.6 is 45.2 Å². The summed E-state index contributed by atoms with van der Waals surface area (Å²) in [7, 11) is 0. The minimum Gasteiger partial charge on any atom is -0.490 e. The summed E-state index contributed by atoms with van der Waals surface area (Å²) in [5.74, 6) is 0.0784. The van der Waals surface area contributed by atoms with Gasteiger partial charge in [-0.05, 0) is 113 Å². The highest BCUT2D eigenvalue weighted by molar-refractivity contribution is 14.1. The minimum atomic E-state index is -0.655. The number of imide groups is 1. The molecule has 196 valence electrons. The van der Waals surface area contributed by atoms with Gasteiger partial charge in [0.05, 0.1) is 10.2 Å². The summed E-state index contributed by atoms with van der Waals surface area (Å²) in [6.07, 6.45) is 1.56. The molecule has 1 heterocycles. The molecule has 0 saturated carbocycles. The maximum Gasteiger partial charge on any atom is 0.329 e. The van der Waals surface area contributed by atoms with Crippen LogP contribution in [-0.2, 0) is 16.2 Å². The van der Waals surface area contributed by atoms with E-state index in [0.717, 1.165) is 23.2 Å². The molecule has 10 heteroatoms. The Morgan fingerprint density at radius 3 is 2.42 bits per heavy atom. The van der Waals surface area contributed by atoms with Gasteiger partial charge in [0.25, 0.3) is 5.91 Å². The van der Waals surface area contributed by atoms with Gasteiger partial charge in [0.1, 0.15) is 18.8 Å². The van der Waals surface area contributed by atoms with Crippen LogP contribution in [0.25, 0.3) is 6.08 Å². The lowest BCUT2D eigenvalue weighted by Crippen LogP contribution is -2.38. The molecule has 4 rings (SSSR count). The van der Waals surface area contributed by atoms with Crippen molar-refractivity contribution in [2.24, 2.45) is 0 Å². The number of ether oxygens (including phenoxy) is 2. The average Bonchev–Trinajstić information content (AvgIpc) is 3.13. The number of aryl methyl sites for hydroxylation is 1. The van der Waals surface area contributed by atoms with Crippen molar-refractivity contribution in [1.82, 2.24) is 10.2 Å². The zero-order chi connectivity index (χ0) is 27.2.